The van der Waals surface area contributed by atoms with Crippen molar-refractivity contribution in [2.75, 3.05) is 11.4 Å². The zero-order valence-corrected chi connectivity index (χ0v) is 9.75. The molecule has 0 fully saturated rings. The molecule has 0 aliphatic rings. The number of amides is 1. The first-order valence-corrected chi connectivity index (χ1v) is 5.40. The van der Waals surface area contributed by atoms with Gasteiger partial charge in [-0.3, -0.25) is 14.5 Å². The third-order valence-electron chi connectivity index (χ3n) is 2.41. The van der Waals surface area contributed by atoms with E-state index in [-0.39, 0.29) is 11.4 Å². The van der Waals surface area contributed by atoms with Gasteiger partial charge < -0.3 is 9.52 Å². The van der Waals surface area contributed by atoms with Crippen LogP contribution in [-0.4, -0.2) is 23.5 Å². The van der Waals surface area contributed by atoms with Crippen LogP contribution in [0.4, 0.5) is 10.1 Å². The topological polar surface area (TPSA) is 70.8 Å². The Labute approximate surface area is 107 Å². The number of carboxylic acid groups (broad SMARTS) is 1. The Kier molecular flexibility index (Phi) is 3.61. The third-order valence-corrected chi connectivity index (χ3v) is 2.41. The molecule has 1 amide bonds. The van der Waals surface area contributed by atoms with Crippen molar-refractivity contribution >= 4 is 17.6 Å². The fraction of sp³-hybridized carbons (Fsp3) is 0.0769. The van der Waals surface area contributed by atoms with Crippen molar-refractivity contribution in [1.29, 1.82) is 0 Å². The number of rotatable bonds is 4. The second-order valence-electron chi connectivity index (χ2n) is 3.74. The van der Waals surface area contributed by atoms with E-state index >= 15 is 0 Å². The third kappa shape index (κ3) is 2.98. The zero-order chi connectivity index (χ0) is 13.8. The molecule has 0 saturated carbocycles. The monoisotopic (exact) mass is 263 g/mol. The summed E-state index contributed by atoms with van der Waals surface area (Å²) >= 11 is 0. The number of benzene rings is 1. The first-order chi connectivity index (χ1) is 9.08. The Bertz CT molecular complexity index is 577. The number of hydrogen-bond acceptors (Lipinski definition) is 3. The standard InChI is InChI=1S/C13H10FNO4/c14-9-3-5-10(6-4-9)15(8-12(16)17)13(18)11-2-1-7-19-11/h1-7H,8H2,(H,16,17). The summed E-state index contributed by atoms with van der Waals surface area (Å²) in [6.45, 7) is -0.537. The second kappa shape index (κ2) is 5.34. The van der Waals surface area contributed by atoms with Gasteiger partial charge in [0.05, 0.1) is 6.26 Å². The van der Waals surface area contributed by atoms with E-state index in [1.165, 1.54) is 30.5 Å². The lowest BCUT2D eigenvalue weighted by molar-refractivity contribution is -0.135. The molecule has 2 rings (SSSR count). The fourth-order valence-corrected chi connectivity index (χ4v) is 1.57. The van der Waals surface area contributed by atoms with Crippen LogP contribution < -0.4 is 4.90 Å². The normalized spacial score (nSPS) is 10.2. The van der Waals surface area contributed by atoms with Gasteiger partial charge in [0.2, 0.25) is 0 Å². The van der Waals surface area contributed by atoms with Gasteiger partial charge in [-0.15, -0.1) is 0 Å². The summed E-state index contributed by atoms with van der Waals surface area (Å²) < 4.78 is 17.8. The van der Waals surface area contributed by atoms with Gasteiger partial charge in [-0.1, -0.05) is 0 Å². The number of aliphatic carboxylic acids is 1. The Hall–Kier alpha value is -2.63. The summed E-state index contributed by atoms with van der Waals surface area (Å²) in [6.07, 6.45) is 1.32. The second-order valence-corrected chi connectivity index (χ2v) is 3.74. The number of anilines is 1. The molecule has 0 aliphatic heterocycles. The minimum atomic E-state index is -1.18. The number of halogens is 1. The van der Waals surface area contributed by atoms with Crippen LogP contribution in [0.3, 0.4) is 0 Å². The molecule has 0 atom stereocenters. The smallest absolute Gasteiger partial charge is 0.323 e. The highest BCUT2D eigenvalue weighted by Gasteiger charge is 2.22. The van der Waals surface area contributed by atoms with E-state index in [2.05, 4.69) is 0 Å². The number of carboxylic acids is 1. The molecule has 1 aromatic carbocycles. The molecule has 0 spiro atoms. The van der Waals surface area contributed by atoms with Crippen molar-refractivity contribution in [2.24, 2.45) is 0 Å². The number of carbonyl (C=O) groups is 2. The van der Waals surface area contributed by atoms with Gasteiger partial charge in [-0.2, -0.15) is 0 Å². The Morgan fingerprint density at radius 2 is 1.89 bits per heavy atom. The van der Waals surface area contributed by atoms with Gasteiger partial charge in [0.15, 0.2) is 5.76 Å². The van der Waals surface area contributed by atoms with Crippen molar-refractivity contribution in [3.63, 3.8) is 0 Å². The molecule has 2 aromatic rings. The van der Waals surface area contributed by atoms with Crippen LogP contribution in [0.5, 0.6) is 0 Å². The summed E-state index contributed by atoms with van der Waals surface area (Å²) in [6, 6.07) is 7.93. The summed E-state index contributed by atoms with van der Waals surface area (Å²) in [4.78, 5) is 23.9. The summed E-state index contributed by atoms with van der Waals surface area (Å²) in [5, 5.41) is 8.85. The van der Waals surface area contributed by atoms with E-state index in [4.69, 9.17) is 9.52 Å². The molecule has 0 unspecified atom stereocenters. The van der Waals surface area contributed by atoms with Crippen LogP contribution in [0.25, 0.3) is 0 Å². The van der Waals surface area contributed by atoms with E-state index in [0.29, 0.717) is 0 Å². The Balaban J connectivity index is 2.33. The van der Waals surface area contributed by atoms with E-state index in [1.54, 1.807) is 0 Å². The molecule has 0 bridgehead atoms. The Morgan fingerprint density at radius 1 is 1.21 bits per heavy atom. The maximum atomic E-state index is 12.8. The maximum Gasteiger partial charge on any atom is 0.323 e. The quantitative estimate of drug-likeness (QED) is 0.917. The summed E-state index contributed by atoms with van der Waals surface area (Å²) in [5.41, 5.74) is 0.283. The maximum absolute atomic E-state index is 12.8. The van der Waals surface area contributed by atoms with Gasteiger partial charge in [0.25, 0.3) is 5.91 Å². The van der Waals surface area contributed by atoms with Crippen LogP contribution in [0.2, 0.25) is 0 Å². The predicted molar refractivity (Wildman–Crippen MR) is 64.4 cm³/mol. The van der Waals surface area contributed by atoms with Crippen LogP contribution in [0.15, 0.2) is 47.1 Å². The van der Waals surface area contributed by atoms with Gasteiger partial charge >= 0.3 is 5.97 Å². The number of nitrogens with zero attached hydrogens (tertiary/aromatic N) is 1. The van der Waals surface area contributed by atoms with E-state index in [1.807, 2.05) is 0 Å². The molecule has 98 valence electrons. The number of hydrogen-bond donors (Lipinski definition) is 1. The van der Waals surface area contributed by atoms with Crippen LogP contribution in [-0.2, 0) is 4.79 Å². The zero-order valence-electron chi connectivity index (χ0n) is 9.75. The lowest BCUT2D eigenvalue weighted by atomic mass is 10.2. The van der Waals surface area contributed by atoms with Crippen LogP contribution in [0.1, 0.15) is 10.6 Å². The van der Waals surface area contributed by atoms with E-state index < -0.39 is 24.2 Å². The highest BCUT2D eigenvalue weighted by atomic mass is 19.1. The first kappa shape index (κ1) is 12.8. The molecule has 5 nitrogen and oxygen atoms in total. The molecule has 0 radical (unpaired) electrons. The van der Waals surface area contributed by atoms with Gasteiger partial charge in [-0.25, -0.2) is 4.39 Å². The average Bonchev–Trinajstić information content (AvgIpc) is 2.90. The number of carbonyl (C=O) groups excluding carboxylic acids is 1. The highest BCUT2D eigenvalue weighted by Crippen LogP contribution is 2.18. The van der Waals surface area contributed by atoms with Crippen molar-refractivity contribution in [3.05, 3.63) is 54.2 Å². The first-order valence-electron chi connectivity index (χ1n) is 5.40. The summed E-state index contributed by atoms with van der Waals surface area (Å²) in [5.74, 6) is -2.22. The van der Waals surface area contributed by atoms with Crippen LogP contribution >= 0.6 is 0 Å². The molecular formula is C13H10FNO4. The average molecular weight is 263 g/mol. The molecule has 1 heterocycles. The van der Waals surface area contributed by atoms with Gasteiger partial charge in [-0.05, 0) is 36.4 Å². The lowest BCUT2D eigenvalue weighted by Gasteiger charge is -2.19. The van der Waals surface area contributed by atoms with Crippen LogP contribution in [0, 0.1) is 5.82 Å². The highest BCUT2D eigenvalue weighted by molar-refractivity contribution is 6.06. The van der Waals surface area contributed by atoms with Crippen molar-refractivity contribution in [3.8, 4) is 0 Å². The molecule has 19 heavy (non-hydrogen) atoms. The molecular weight excluding hydrogens is 253 g/mol. The molecule has 0 saturated heterocycles. The Morgan fingerprint density at radius 3 is 2.42 bits per heavy atom. The van der Waals surface area contributed by atoms with Crippen molar-refractivity contribution in [2.45, 2.75) is 0 Å². The summed E-state index contributed by atoms with van der Waals surface area (Å²) in [7, 11) is 0. The SMILES string of the molecule is O=C(O)CN(C(=O)c1ccco1)c1ccc(F)cc1. The lowest BCUT2D eigenvalue weighted by Crippen LogP contribution is -2.35. The van der Waals surface area contributed by atoms with Gasteiger partial charge in [0.1, 0.15) is 12.4 Å². The largest absolute Gasteiger partial charge is 0.480 e. The van der Waals surface area contributed by atoms with Gasteiger partial charge in [0, 0.05) is 5.69 Å². The predicted octanol–water partition coefficient (Wildman–Crippen LogP) is 2.15. The minimum Gasteiger partial charge on any atom is -0.480 e. The molecule has 0 aliphatic carbocycles. The fourth-order valence-electron chi connectivity index (χ4n) is 1.57. The van der Waals surface area contributed by atoms with Crippen molar-refractivity contribution < 1.29 is 23.5 Å². The molecule has 6 heteroatoms. The van der Waals surface area contributed by atoms with E-state index in [9.17, 15) is 14.0 Å². The number of furan rings is 1. The van der Waals surface area contributed by atoms with Crippen molar-refractivity contribution in [1.82, 2.24) is 0 Å². The molecule has 1 N–H and O–H groups in total. The minimum absolute atomic E-state index is 0.0191. The van der Waals surface area contributed by atoms with E-state index in [0.717, 1.165) is 17.0 Å². The molecule has 1 aromatic heterocycles.